The van der Waals surface area contributed by atoms with Gasteiger partial charge in [0.1, 0.15) is 0 Å². The molecule has 0 bridgehead atoms. The summed E-state index contributed by atoms with van der Waals surface area (Å²) in [4.78, 5) is 1.36. The molecule has 0 saturated heterocycles. The molecule has 0 saturated carbocycles. The number of aromatic nitrogens is 2. The van der Waals surface area contributed by atoms with E-state index in [1.807, 2.05) is 29.7 Å². The van der Waals surface area contributed by atoms with Gasteiger partial charge in [-0.25, -0.2) is 0 Å². The van der Waals surface area contributed by atoms with Gasteiger partial charge in [-0.15, -0.1) is 11.8 Å². The van der Waals surface area contributed by atoms with Crippen molar-refractivity contribution in [1.29, 1.82) is 0 Å². The van der Waals surface area contributed by atoms with E-state index in [4.69, 9.17) is 0 Å². The molecule has 1 N–H and O–H groups in total. The molecule has 0 spiro atoms. The monoisotopic (exact) mass is 303 g/mol. The molecule has 1 unspecified atom stereocenters. The smallest absolute Gasteiger partial charge is 0.0521 e. The molecule has 1 atom stereocenters. The van der Waals surface area contributed by atoms with E-state index in [9.17, 15) is 0 Å². The Bertz CT molecular complexity index is 550. The number of benzene rings is 1. The summed E-state index contributed by atoms with van der Waals surface area (Å²) < 4.78 is 1.87. The lowest BCUT2D eigenvalue weighted by Gasteiger charge is -2.17. The van der Waals surface area contributed by atoms with E-state index in [2.05, 4.69) is 54.7 Å². The normalized spacial score (nSPS) is 12.5. The third-order valence-corrected chi connectivity index (χ3v) is 4.63. The zero-order chi connectivity index (χ0) is 15.1. The number of nitrogens with zero attached hydrogens (tertiary/aromatic N) is 2. The van der Waals surface area contributed by atoms with Crippen LogP contribution in [0.25, 0.3) is 0 Å². The summed E-state index contributed by atoms with van der Waals surface area (Å²) in [5.74, 6) is 1.11. The molecule has 2 aromatic rings. The highest BCUT2D eigenvalue weighted by atomic mass is 32.2. The fraction of sp³-hybridized carbons (Fsp3) is 0.471. The van der Waals surface area contributed by atoms with Gasteiger partial charge in [0, 0.05) is 29.9 Å². The average Bonchev–Trinajstić information content (AvgIpc) is 2.88. The van der Waals surface area contributed by atoms with Crippen LogP contribution in [-0.4, -0.2) is 28.1 Å². The third-order valence-electron chi connectivity index (χ3n) is 3.47. The second-order valence-corrected chi connectivity index (χ2v) is 6.54. The van der Waals surface area contributed by atoms with Crippen molar-refractivity contribution in [2.24, 2.45) is 7.05 Å². The van der Waals surface area contributed by atoms with Crippen LogP contribution < -0.4 is 5.32 Å². The van der Waals surface area contributed by atoms with Crippen LogP contribution in [-0.2, 0) is 13.5 Å². The second kappa shape index (κ2) is 8.25. The predicted octanol–water partition coefficient (Wildman–Crippen LogP) is 3.43. The maximum absolute atomic E-state index is 4.23. The molecule has 2 rings (SSSR count). The molecular weight excluding hydrogens is 278 g/mol. The van der Waals surface area contributed by atoms with Crippen LogP contribution in [0.15, 0.2) is 41.6 Å². The zero-order valence-corrected chi connectivity index (χ0v) is 14.0. The Kier molecular flexibility index (Phi) is 6.33. The van der Waals surface area contributed by atoms with Crippen molar-refractivity contribution < 1.29 is 0 Å². The molecule has 0 aliphatic heterocycles. The maximum atomic E-state index is 4.23. The van der Waals surface area contributed by atoms with E-state index < -0.39 is 0 Å². The first kappa shape index (κ1) is 16.1. The lowest BCUT2D eigenvalue weighted by atomic mass is 10.1. The summed E-state index contributed by atoms with van der Waals surface area (Å²) in [5.41, 5.74) is 2.65. The standard InChI is InChI=1S/C17H25N3S/c1-4-18-16(9-8-15-11-19-20(3)12-15)13-21-17-7-5-6-14(2)10-17/h5-7,10-12,16,18H,4,8-9,13H2,1-3H3. The van der Waals surface area contributed by atoms with Gasteiger partial charge in [0.05, 0.1) is 6.20 Å². The summed E-state index contributed by atoms with van der Waals surface area (Å²) in [5, 5.41) is 7.83. The van der Waals surface area contributed by atoms with Gasteiger partial charge in [-0.1, -0.05) is 24.6 Å². The van der Waals surface area contributed by atoms with Crippen molar-refractivity contribution in [3.8, 4) is 0 Å². The first-order valence-corrected chi connectivity index (χ1v) is 8.56. The summed E-state index contributed by atoms with van der Waals surface area (Å²) in [6.07, 6.45) is 6.31. The highest BCUT2D eigenvalue weighted by molar-refractivity contribution is 7.99. The van der Waals surface area contributed by atoms with E-state index in [0.29, 0.717) is 6.04 Å². The van der Waals surface area contributed by atoms with Gasteiger partial charge in [0.2, 0.25) is 0 Å². The summed E-state index contributed by atoms with van der Waals surface area (Å²) >= 11 is 1.94. The van der Waals surface area contributed by atoms with Crippen molar-refractivity contribution >= 4 is 11.8 Å². The van der Waals surface area contributed by atoms with Crippen molar-refractivity contribution in [3.05, 3.63) is 47.8 Å². The van der Waals surface area contributed by atoms with Crippen molar-refractivity contribution in [2.45, 2.75) is 37.6 Å². The SMILES string of the molecule is CCNC(CCc1cnn(C)c1)CSc1cccc(C)c1. The Labute approximate surface area is 132 Å². The van der Waals surface area contributed by atoms with Gasteiger partial charge >= 0.3 is 0 Å². The molecule has 0 aliphatic carbocycles. The Balaban J connectivity index is 1.83. The number of nitrogens with one attached hydrogen (secondary N) is 1. The van der Waals surface area contributed by atoms with Gasteiger partial charge in [-0.05, 0) is 44.0 Å². The van der Waals surface area contributed by atoms with Crippen LogP contribution >= 0.6 is 11.8 Å². The fourth-order valence-electron chi connectivity index (χ4n) is 2.38. The lowest BCUT2D eigenvalue weighted by Crippen LogP contribution is -2.31. The lowest BCUT2D eigenvalue weighted by molar-refractivity contribution is 0.537. The predicted molar refractivity (Wildman–Crippen MR) is 90.9 cm³/mol. The first-order chi connectivity index (χ1) is 10.2. The molecule has 1 aromatic heterocycles. The summed E-state index contributed by atoms with van der Waals surface area (Å²) in [6, 6.07) is 9.28. The third kappa shape index (κ3) is 5.56. The zero-order valence-electron chi connectivity index (χ0n) is 13.2. The van der Waals surface area contributed by atoms with Crippen LogP contribution in [0.4, 0.5) is 0 Å². The number of rotatable bonds is 8. The quantitative estimate of drug-likeness (QED) is 0.758. The molecule has 0 aliphatic rings. The molecule has 0 radical (unpaired) electrons. The van der Waals surface area contributed by atoms with Crippen LogP contribution in [0.1, 0.15) is 24.5 Å². The summed E-state index contributed by atoms with van der Waals surface area (Å²) in [7, 11) is 1.97. The van der Waals surface area contributed by atoms with Gasteiger partial charge < -0.3 is 5.32 Å². The van der Waals surface area contributed by atoms with Gasteiger partial charge in [-0.3, -0.25) is 4.68 Å². The Morgan fingerprint density at radius 1 is 1.38 bits per heavy atom. The average molecular weight is 303 g/mol. The van der Waals surface area contributed by atoms with Crippen LogP contribution in [0.3, 0.4) is 0 Å². The molecular formula is C17H25N3S. The second-order valence-electron chi connectivity index (χ2n) is 5.44. The minimum Gasteiger partial charge on any atom is -0.313 e. The minimum atomic E-state index is 0.542. The molecule has 4 heteroatoms. The maximum Gasteiger partial charge on any atom is 0.0521 e. The van der Waals surface area contributed by atoms with Gasteiger partial charge in [0.25, 0.3) is 0 Å². The largest absolute Gasteiger partial charge is 0.313 e. The molecule has 21 heavy (non-hydrogen) atoms. The van der Waals surface area contributed by atoms with E-state index in [1.165, 1.54) is 16.0 Å². The number of aryl methyl sites for hydroxylation is 3. The number of thioether (sulfide) groups is 1. The Morgan fingerprint density at radius 2 is 2.24 bits per heavy atom. The highest BCUT2D eigenvalue weighted by Crippen LogP contribution is 2.21. The molecule has 0 fully saturated rings. The molecule has 0 amide bonds. The minimum absolute atomic E-state index is 0.542. The van der Waals surface area contributed by atoms with Crippen LogP contribution in [0, 0.1) is 6.92 Å². The Hall–Kier alpha value is -1.26. The topological polar surface area (TPSA) is 29.9 Å². The highest BCUT2D eigenvalue weighted by Gasteiger charge is 2.09. The van der Waals surface area contributed by atoms with Gasteiger partial charge in [-0.2, -0.15) is 5.10 Å². The van der Waals surface area contributed by atoms with E-state index in [-0.39, 0.29) is 0 Å². The van der Waals surface area contributed by atoms with Crippen LogP contribution in [0.5, 0.6) is 0 Å². The van der Waals surface area contributed by atoms with Gasteiger partial charge in [0.15, 0.2) is 0 Å². The Morgan fingerprint density at radius 3 is 2.90 bits per heavy atom. The molecule has 114 valence electrons. The van der Waals surface area contributed by atoms with E-state index >= 15 is 0 Å². The van der Waals surface area contributed by atoms with Crippen molar-refractivity contribution in [1.82, 2.24) is 15.1 Å². The number of hydrogen-bond donors (Lipinski definition) is 1. The first-order valence-electron chi connectivity index (χ1n) is 7.57. The van der Waals surface area contributed by atoms with Crippen molar-refractivity contribution in [3.63, 3.8) is 0 Å². The number of hydrogen-bond acceptors (Lipinski definition) is 3. The molecule has 1 heterocycles. The summed E-state index contributed by atoms with van der Waals surface area (Å²) in [6.45, 7) is 5.34. The molecule has 1 aromatic carbocycles. The fourth-order valence-corrected chi connectivity index (χ4v) is 3.50. The van der Waals surface area contributed by atoms with Crippen molar-refractivity contribution in [2.75, 3.05) is 12.3 Å². The van der Waals surface area contributed by atoms with E-state index in [1.54, 1.807) is 0 Å². The van der Waals surface area contributed by atoms with E-state index in [0.717, 1.165) is 25.1 Å². The van der Waals surface area contributed by atoms with Crippen LogP contribution in [0.2, 0.25) is 0 Å². The molecule has 3 nitrogen and oxygen atoms in total.